The Kier molecular flexibility index (Phi) is 8.04. The van der Waals surface area contributed by atoms with Gasteiger partial charge in [0.05, 0.1) is 11.1 Å². The summed E-state index contributed by atoms with van der Waals surface area (Å²) < 4.78 is 5.21. The van der Waals surface area contributed by atoms with Crippen LogP contribution in [0, 0.1) is 10.1 Å². The lowest BCUT2D eigenvalue weighted by Gasteiger charge is -2.17. The van der Waals surface area contributed by atoms with Crippen LogP contribution in [0.5, 0.6) is 0 Å². The van der Waals surface area contributed by atoms with Gasteiger partial charge < -0.3 is 10.1 Å². The zero-order valence-corrected chi connectivity index (χ0v) is 17.7. The molecule has 0 radical (unpaired) electrons. The first-order valence-electron chi connectivity index (χ1n) is 9.59. The lowest BCUT2D eigenvalue weighted by molar-refractivity contribution is -0.384. The summed E-state index contributed by atoms with van der Waals surface area (Å²) in [5.74, 6) is -0.582. The van der Waals surface area contributed by atoms with Crippen molar-refractivity contribution in [1.29, 1.82) is 0 Å². The van der Waals surface area contributed by atoms with Crippen molar-refractivity contribution in [2.75, 3.05) is 0 Å². The predicted octanol–water partition coefficient (Wildman–Crippen LogP) is 3.64. The topological polar surface area (TPSA) is 123 Å². The summed E-state index contributed by atoms with van der Waals surface area (Å²) in [6, 6.07) is 18.7. The Morgan fingerprint density at radius 3 is 2.38 bits per heavy atom. The van der Waals surface area contributed by atoms with E-state index in [0.717, 1.165) is 22.5 Å². The molecule has 0 aliphatic rings. The van der Waals surface area contributed by atoms with E-state index in [9.17, 15) is 19.7 Å². The number of nitrogens with zero attached hydrogens (tertiary/aromatic N) is 2. The number of benzene rings is 2. The van der Waals surface area contributed by atoms with E-state index in [-0.39, 0.29) is 18.7 Å². The van der Waals surface area contributed by atoms with Crippen molar-refractivity contribution in [3.63, 3.8) is 0 Å². The molecule has 0 aliphatic carbocycles. The largest absolute Gasteiger partial charge is 0.445 e. The van der Waals surface area contributed by atoms with E-state index in [2.05, 4.69) is 15.8 Å². The number of rotatable bonds is 9. The summed E-state index contributed by atoms with van der Waals surface area (Å²) in [6.07, 6.45) is 0.665. The van der Waals surface area contributed by atoms with Crippen molar-refractivity contribution >= 4 is 35.2 Å². The van der Waals surface area contributed by atoms with Crippen LogP contribution in [0.3, 0.4) is 0 Å². The molecule has 1 atom stereocenters. The quantitative estimate of drug-likeness (QED) is 0.291. The number of carbonyl (C=O) groups excluding carboxylic acids is 2. The SMILES string of the molecule is O=C(NC(Cc1ccccc1)C(=O)N/N=C/c1sccc1[N+](=O)[O-])OCc1ccccc1. The zero-order valence-electron chi connectivity index (χ0n) is 16.8. The van der Waals surface area contributed by atoms with Gasteiger partial charge in [-0.25, -0.2) is 10.2 Å². The monoisotopic (exact) mass is 452 g/mol. The van der Waals surface area contributed by atoms with Crippen LogP contribution < -0.4 is 10.7 Å². The number of hydrogen-bond donors (Lipinski definition) is 2. The summed E-state index contributed by atoms with van der Waals surface area (Å²) in [5, 5.41) is 18.9. The highest BCUT2D eigenvalue weighted by molar-refractivity contribution is 7.12. The zero-order chi connectivity index (χ0) is 22.8. The number of ether oxygens (including phenoxy) is 1. The van der Waals surface area contributed by atoms with Crippen LogP contribution in [0.4, 0.5) is 10.5 Å². The van der Waals surface area contributed by atoms with Crippen molar-refractivity contribution < 1.29 is 19.2 Å². The molecule has 9 nitrogen and oxygen atoms in total. The molecule has 10 heteroatoms. The molecule has 3 rings (SSSR count). The molecular weight excluding hydrogens is 432 g/mol. The molecule has 0 bridgehead atoms. The molecule has 0 saturated carbocycles. The summed E-state index contributed by atoms with van der Waals surface area (Å²) in [5.41, 5.74) is 3.87. The van der Waals surface area contributed by atoms with Crippen LogP contribution in [0.2, 0.25) is 0 Å². The number of alkyl carbamates (subject to hydrolysis) is 1. The minimum atomic E-state index is -0.962. The number of nitro groups is 1. The van der Waals surface area contributed by atoms with Gasteiger partial charge in [-0.05, 0) is 16.5 Å². The standard InChI is InChI=1S/C22H20N4O5S/c27-21(25-23-14-20-19(26(29)30)11-12-32-20)18(13-16-7-3-1-4-8-16)24-22(28)31-15-17-9-5-2-6-10-17/h1-12,14,18H,13,15H2,(H,24,28)(H,25,27)/b23-14+. The summed E-state index contributed by atoms with van der Waals surface area (Å²) in [7, 11) is 0. The summed E-state index contributed by atoms with van der Waals surface area (Å²) in [6.45, 7) is 0.0621. The third-order valence-corrected chi connectivity index (χ3v) is 5.17. The molecule has 2 amide bonds. The molecule has 0 fully saturated rings. The molecule has 0 saturated heterocycles. The molecular formula is C22H20N4O5S. The first kappa shape index (κ1) is 22.6. The maximum Gasteiger partial charge on any atom is 0.408 e. The van der Waals surface area contributed by atoms with Crippen molar-refractivity contribution in [3.8, 4) is 0 Å². The maximum absolute atomic E-state index is 12.7. The molecule has 2 N–H and O–H groups in total. The van der Waals surface area contributed by atoms with Gasteiger partial charge in [0.25, 0.3) is 11.6 Å². The third kappa shape index (κ3) is 6.74. The van der Waals surface area contributed by atoms with Crippen molar-refractivity contribution in [2.45, 2.75) is 19.1 Å². The average molecular weight is 452 g/mol. The first-order chi connectivity index (χ1) is 15.5. The van der Waals surface area contributed by atoms with E-state index in [0.29, 0.717) is 4.88 Å². The molecule has 1 unspecified atom stereocenters. The van der Waals surface area contributed by atoms with Crippen LogP contribution >= 0.6 is 11.3 Å². The van der Waals surface area contributed by atoms with Crippen molar-refractivity contribution in [2.24, 2.45) is 5.10 Å². The van der Waals surface area contributed by atoms with Gasteiger partial charge in [-0.15, -0.1) is 11.3 Å². The van der Waals surface area contributed by atoms with Crippen LogP contribution in [0.15, 0.2) is 77.2 Å². The van der Waals surface area contributed by atoms with Crippen LogP contribution in [0.25, 0.3) is 0 Å². The smallest absolute Gasteiger partial charge is 0.408 e. The lowest BCUT2D eigenvalue weighted by atomic mass is 10.1. The second kappa shape index (κ2) is 11.4. The molecule has 164 valence electrons. The number of nitrogens with one attached hydrogen (secondary N) is 2. The molecule has 1 aromatic heterocycles. The number of thiophene rings is 1. The molecule has 1 heterocycles. The van der Waals surface area contributed by atoms with E-state index in [4.69, 9.17) is 4.74 Å². The summed E-state index contributed by atoms with van der Waals surface area (Å²) >= 11 is 1.12. The fourth-order valence-corrected chi connectivity index (χ4v) is 3.48. The predicted molar refractivity (Wildman–Crippen MR) is 120 cm³/mol. The van der Waals surface area contributed by atoms with Gasteiger partial charge in [-0.2, -0.15) is 5.10 Å². The fraction of sp³-hybridized carbons (Fsp3) is 0.136. The van der Waals surface area contributed by atoms with Gasteiger partial charge in [0.2, 0.25) is 0 Å². The summed E-state index contributed by atoms with van der Waals surface area (Å²) in [4.78, 5) is 35.7. The van der Waals surface area contributed by atoms with Gasteiger partial charge in [0.15, 0.2) is 0 Å². The average Bonchev–Trinajstić information content (AvgIpc) is 3.27. The second-order valence-corrected chi connectivity index (χ2v) is 7.56. The van der Waals surface area contributed by atoms with E-state index in [1.54, 1.807) is 5.38 Å². The van der Waals surface area contributed by atoms with Gasteiger partial charge in [-0.3, -0.25) is 14.9 Å². The Morgan fingerprint density at radius 1 is 1.06 bits per heavy atom. The molecule has 2 aromatic carbocycles. The van der Waals surface area contributed by atoms with Crippen LogP contribution in [0.1, 0.15) is 16.0 Å². The van der Waals surface area contributed by atoms with Gasteiger partial charge >= 0.3 is 6.09 Å². The van der Waals surface area contributed by atoms with E-state index >= 15 is 0 Å². The lowest BCUT2D eigenvalue weighted by Crippen LogP contribution is -2.47. The van der Waals surface area contributed by atoms with E-state index in [1.807, 2.05) is 60.7 Å². The Labute approximate surface area is 187 Å². The van der Waals surface area contributed by atoms with Gasteiger partial charge in [0, 0.05) is 12.5 Å². The van der Waals surface area contributed by atoms with Gasteiger partial charge in [0.1, 0.15) is 17.5 Å². The third-order valence-electron chi connectivity index (χ3n) is 4.33. The highest BCUT2D eigenvalue weighted by Crippen LogP contribution is 2.22. The highest BCUT2D eigenvalue weighted by atomic mass is 32.1. The Morgan fingerprint density at radius 2 is 1.72 bits per heavy atom. The molecule has 0 spiro atoms. The van der Waals surface area contributed by atoms with Crippen LogP contribution in [-0.2, 0) is 22.6 Å². The normalized spacial score (nSPS) is 11.6. The van der Waals surface area contributed by atoms with Crippen molar-refractivity contribution in [3.05, 3.63) is 98.2 Å². The highest BCUT2D eigenvalue weighted by Gasteiger charge is 2.22. The Bertz CT molecular complexity index is 1090. The van der Waals surface area contributed by atoms with Gasteiger partial charge in [-0.1, -0.05) is 60.7 Å². The number of hydrazone groups is 1. The second-order valence-electron chi connectivity index (χ2n) is 6.61. The Hall–Kier alpha value is -4.05. The van der Waals surface area contributed by atoms with Crippen LogP contribution in [-0.4, -0.2) is 29.2 Å². The first-order valence-corrected chi connectivity index (χ1v) is 10.5. The number of amides is 2. The molecule has 32 heavy (non-hydrogen) atoms. The number of hydrogen-bond acceptors (Lipinski definition) is 7. The van der Waals surface area contributed by atoms with Crippen molar-refractivity contribution in [1.82, 2.24) is 10.7 Å². The molecule has 0 aliphatic heterocycles. The minimum Gasteiger partial charge on any atom is -0.445 e. The minimum absolute atomic E-state index is 0.0621. The van der Waals surface area contributed by atoms with E-state index < -0.39 is 23.0 Å². The Balaban J connectivity index is 1.63. The van der Waals surface area contributed by atoms with E-state index in [1.165, 1.54) is 12.3 Å². The fourth-order valence-electron chi connectivity index (χ4n) is 2.76. The number of carbonyl (C=O) groups is 2. The molecule has 3 aromatic rings. The maximum atomic E-state index is 12.7.